The summed E-state index contributed by atoms with van der Waals surface area (Å²) in [6.07, 6.45) is 0.903. The number of quaternary nitrogens is 1. The van der Waals surface area contributed by atoms with Crippen LogP contribution in [0, 0.1) is 0 Å². The first kappa shape index (κ1) is 21.3. The Morgan fingerprint density at radius 3 is 2.10 bits per heavy atom. The zero-order chi connectivity index (χ0) is 16.4. The van der Waals surface area contributed by atoms with Crippen LogP contribution in [0.3, 0.4) is 0 Å². The molecule has 0 N–H and O–H groups in total. The van der Waals surface area contributed by atoms with Crippen molar-refractivity contribution >= 4 is 16.4 Å². The van der Waals surface area contributed by atoms with Crippen molar-refractivity contribution in [2.45, 2.75) is 20.3 Å². The van der Waals surface area contributed by atoms with Gasteiger partial charge < -0.3 is 13.8 Å². The number of carbonyl (C=O) groups excluding carboxylic acids is 1. The lowest BCUT2D eigenvalue weighted by Crippen LogP contribution is -2.40. The molecule has 0 aromatic carbocycles. The molecule has 0 aromatic heterocycles. The van der Waals surface area contributed by atoms with Gasteiger partial charge in [-0.1, -0.05) is 6.58 Å². The summed E-state index contributed by atoms with van der Waals surface area (Å²) in [6.45, 7) is 9.95. The minimum atomic E-state index is -4.41. The van der Waals surface area contributed by atoms with Crippen LogP contribution in [0.2, 0.25) is 0 Å². The molecule has 7 nitrogen and oxygen atoms in total. The van der Waals surface area contributed by atoms with Crippen molar-refractivity contribution in [2.24, 2.45) is 0 Å². The Balaban J connectivity index is 0. The number of hydrogen-bond acceptors (Lipinski definition) is 6. The van der Waals surface area contributed by atoms with Crippen molar-refractivity contribution in [1.29, 1.82) is 0 Å². The van der Waals surface area contributed by atoms with Crippen LogP contribution in [-0.4, -0.2) is 64.3 Å². The Morgan fingerprint density at radius 2 is 1.80 bits per heavy atom. The van der Waals surface area contributed by atoms with Gasteiger partial charge in [-0.05, 0) is 13.8 Å². The van der Waals surface area contributed by atoms with E-state index in [2.05, 4.69) is 31.8 Å². The molecular weight excluding hydrogens is 286 g/mol. The molecule has 0 rings (SSSR count). The molecule has 120 valence electrons. The summed E-state index contributed by atoms with van der Waals surface area (Å²) in [4.78, 5) is 11.0. The van der Waals surface area contributed by atoms with Gasteiger partial charge in [-0.15, -0.1) is 0 Å². The Labute approximate surface area is 121 Å². The Morgan fingerprint density at radius 1 is 1.35 bits per heavy atom. The summed E-state index contributed by atoms with van der Waals surface area (Å²) in [5.41, 5.74) is 0.467. The van der Waals surface area contributed by atoms with Gasteiger partial charge in [0.2, 0.25) is 10.4 Å². The molecule has 0 spiro atoms. The first-order valence-corrected chi connectivity index (χ1v) is 7.44. The highest BCUT2D eigenvalue weighted by Gasteiger charge is 2.11. The summed E-state index contributed by atoms with van der Waals surface area (Å²) in [5, 5.41) is 0. The van der Waals surface area contributed by atoms with Crippen LogP contribution in [-0.2, 0) is 24.1 Å². The van der Waals surface area contributed by atoms with E-state index >= 15 is 0 Å². The van der Waals surface area contributed by atoms with Gasteiger partial charge in [0.05, 0.1) is 40.9 Å². The largest absolute Gasteiger partial charge is 0.726 e. The zero-order valence-corrected chi connectivity index (χ0v) is 13.7. The highest BCUT2D eigenvalue weighted by Crippen LogP contribution is 1.99. The summed E-state index contributed by atoms with van der Waals surface area (Å²) < 4.78 is 37.0. The third-order valence-electron chi connectivity index (χ3n) is 2.55. The number of carbonyl (C=O) groups is 1. The predicted octanol–water partition coefficient (Wildman–Crippen LogP) is 0.685. The van der Waals surface area contributed by atoms with Gasteiger partial charge in [0.25, 0.3) is 0 Å². The number of esters is 1. The van der Waals surface area contributed by atoms with Gasteiger partial charge in [0.1, 0.15) is 0 Å². The maximum absolute atomic E-state index is 11.0. The first-order valence-electron chi connectivity index (χ1n) is 6.11. The molecule has 0 aliphatic heterocycles. The molecule has 0 aromatic rings. The summed E-state index contributed by atoms with van der Waals surface area (Å²) in [7, 11) is 0.730. The maximum Gasteiger partial charge on any atom is 0.333 e. The molecule has 0 saturated heterocycles. The summed E-state index contributed by atoms with van der Waals surface area (Å²) >= 11 is 0. The summed E-state index contributed by atoms with van der Waals surface area (Å²) in [5.74, 6) is -0.285. The van der Waals surface area contributed by atoms with Crippen LogP contribution in [0.4, 0.5) is 0 Å². The van der Waals surface area contributed by atoms with Crippen molar-refractivity contribution in [3.63, 3.8) is 0 Å². The molecule has 8 heteroatoms. The number of rotatable bonds is 7. The van der Waals surface area contributed by atoms with Crippen molar-refractivity contribution in [3.8, 4) is 0 Å². The van der Waals surface area contributed by atoms with Crippen LogP contribution in [0.1, 0.15) is 20.3 Å². The number of hydrogen-bond donors (Lipinski definition) is 0. The molecule has 0 unspecified atom stereocenters. The van der Waals surface area contributed by atoms with Crippen molar-refractivity contribution < 1.29 is 31.2 Å². The van der Waals surface area contributed by atoms with Gasteiger partial charge >= 0.3 is 5.97 Å². The second-order valence-corrected chi connectivity index (χ2v) is 5.97. The Hall–Kier alpha value is -0.960. The van der Waals surface area contributed by atoms with Crippen LogP contribution >= 0.6 is 0 Å². The molecule has 0 fully saturated rings. The van der Waals surface area contributed by atoms with Crippen molar-refractivity contribution in [1.82, 2.24) is 0 Å². The number of nitrogens with zero attached hydrogens (tertiary/aromatic N) is 1. The monoisotopic (exact) mass is 311 g/mol. The molecule has 0 radical (unpaired) electrons. The quantitative estimate of drug-likeness (QED) is 0.171. The second kappa shape index (κ2) is 9.87. The van der Waals surface area contributed by atoms with E-state index in [0.29, 0.717) is 12.2 Å². The van der Waals surface area contributed by atoms with E-state index in [1.165, 1.54) is 0 Å². The normalized spacial score (nSPS) is 11.3. The predicted molar refractivity (Wildman–Crippen MR) is 74.6 cm³/mol. The molecule has 0 bridgehead atoms. The third-order valence-corrected chi connectivity index (χ3v) is 2.96. The van der Waals surface area contributed by atoms with E-state index in [9.17, 15) is 17.8 Å². The van der Waals surface area contributed by atoms with Crippen molar-refractivity contribution in [3.05, 3.63) is 12.2 Å². The minimum absolute atomic E-state index is 0.285. The molecule has 20 heavy (non-hydrogen) atoms. The van der Waals surface area contributed by atoms with Crippen LogP contribution < -0.4 is 0 Å². The van der Waals surface area contributed by atoms with Gasteiger partial charge in [-0.3, -0.25) is 4.18 Å². The van der Waals surface area contributed by atoms with Crippen LogP contribution in [0.5, 0.6) is 0 Å². The fourth-order valence-corrected chi connectivity index (χ4v) is 0.939. The number of ether oxygens (including phenoxy) is 1. The second-order valence-electron chi connectivity index (χ2n) is 4.82. The fourth-order valence-electron chi connectivity index (χ4n) is 0.939. The molecule has 0 heterocycles. The summed E-state index contributed by atoms with van der Waals surface area (Å²) in [6, 6.07) is 0. The van der Waals surface area contributed by atoms with E-state index in [0.717, 1.165) is 31.1 Å². The zero-order valence-electron chi connectivity index (χ0n) is 12.8. The van der Waals surface area contributed by atoms with Crippen molar-refractivity contribution in [2.75, 3.05) is 40.9 Å². The van der Waals surface area contributed by atoms with E-state index in [1.807, 2.05) is 0 Å². The molecule has 0 saturated carbocycles. The fraction of sp³-hybridized carbons (Fsp3) is 0.750. The lowest BCUT2D eigenvalue weighted by molar-refractivity contribution is -0.888. The van der Waals surface area contributed by atoms with E-state index in [1.54, 1.807) is 6.92 Å². The molecule has 0 amide bonds. The average Bonchev–Trinajstić information content (AvgIpc) is 2.34. The standard InChI is InChI=1S/C11H22NO2.CH4O4S/c1-6-12(4,5)8-7-9-14-11(13)10(2)3;1-5-6(2,3)4/h2,6-9H2,1,3-5H3;1H3,(H,2,3,4)/q+1;/p-1. The molecule has 0 atom stereocenters. The first-order chi connectivity index (χ1) is 8.95. The molecule has 0 aliphatic rings. The highest BCUT2D eigenvalue weighted by molar-refractivity contribution is 7.80. The topological polar surface area (TPSA) is 92.7 Å². The Kier molecular flexibility index (Phi) is 10.5. The average molecular weight is 311 g/mol. The maximum atomic E-state index is 11.0. The third kappa shape index (κ3) is 15.1. The van der Waals surface area contributed by atoms with E-state index < -0.39 is 10.4 Å². The molecular formula is C12H25NO6S. The van der Waals surface area contributed by atoms with Gasteiger partial charge in [0.15, 0.2) is 0 Å². The highest BCUT2D eigenvalue weighted by atomic mass is 32.3. The van der Waals surface area contributed by atoms with E-state index in [-0.39, 0.29) is 5.97 Å². The minimum Gasteiger partial charge on any atom is -0.726 e. The Bertz CT molecular complexity index is 402. The van der Waals surface area contributed by atoms with E-state index in [4.69, 9.17) is 4.74 Å². The van der Waals surface area contributed by atoms with Gasteiger partial charge in [0, 0.05) is 12.0 Å². The SMILES string of the molecule is C=C(C)C(=O)OCCC[N+](C)(C)CC.COS(=O)(=O)[O-]. The smallest absolute Gasteiger partial charge is 0.333 e. The van der Waals surface area contributed by atoms with Crippen LogP contribution in [0.25, 0.3) is 0 Å². The van der Waals surface area contributed by atoms with Gasteiger partial charge in [-0.25, -0.2) is 13.2 Å². The lowest BCUT2D eigenvalue weighted by atomic mass is 10.3. The van der Waals surface area contributed by atoms with Gasteiger partial charge in [-0.2, -0.15) is 0 Å². The lowest BCUT2D eigenvalue weighted by Gasteiger charge is -2.27. The molecule has 0 aliphatic carbocycles. The van der Waals surface area contributed by atoms with Crippen LogP contribution in [0.15, 0.2) is 12.2 Å².